The first-order chi connectivity index (χ1) is 11.7. The van der Waals surface area contributed by atoms with Gasteiger partial charge in [0.05, 0.1) is 12.7 Å². The summed E-state index contributed by atoms with van der Waals surface area (Å²) in [6.45, 7) is 1.26. The highest BCUT2D eigenvalue weighted by atomic mass is 16.5. The molecule has 1 heterocycles. The van der Waals surface area contributed by atoms with E-state index in [2.05, 4.69) is 11.4 Å². The van der Waals surface area contributed by atoms with Crippen molar-refractivity contribution in [3.63, 3.8) is 0 Å². The highest BCUT2D eigenvalue weighted by Crippen LogP contribution is 2.27. The van der Waals surface area contributed by atoms with Gasteiger partial charge in [0.1, 0.15) is 0 Å². The zero-order valence-electron chi connectivity index (χ0n) is 13.6. The number of hydrogen-bond acceptors (Lipinski definition) is 4. The van der Waals surface area contributed by atoms with Gasteiger partial charge in [-0.25, -0.2) is 4.79 Å². The minimum Gasteiger partial charge on any atom is -0.465 e. The first kappa shape index (κ1) is 16.1. The van der Waals surface area contributed by atoms with E-state index in [4.69, 9.17) is 4.74 Å². The molecule has 124 valence electrons. The number of methoxy groups -OCH3 is 1. The third kappa shape index (κ3) is 3.40. The van der Waals surface area contributed by atoms with Gasteiger partial charge in [0.2, 0.25) is 5.91 Å². The average molecular weight is 324 g/mol. The highest BCUT2D eigenvalue weighted by Gasteiger charge is 2.23. The molecule has 0 saturated heterocycles. The molecule has 1 N–H and O–H groups in total. The predicted molar refractivity (Wildman–Crippen MR) is 93.4 cm³/mol. The number of nitrogens with zero attached hydrogens (tertiary/aromatic N) is 1. The first-order valence-corrected chi connectivity index (χ1v) is 7.99. The van der Waals surface area contributed by atoms with Crippen LogP contribution in [0.25, 0.3) is 0 Å². The van der Waals surface area contributed by atoms with Gasteiger partial charge in [0.15, 0.2) is 0 Å². The summed E-state index contributed by atoms with van der Waals surface area (Å²) in [7, 11) is 1.36. The number of carbonyl (C=O) groups is 2. The van der Waals surface area contributed by atoms with E-state index < -0.39 is 0 Å². The average Bonchev–Trinajstić information content (AvgIpc) is 3.05. The van der Waals surface area contributed by atoms with Crippen LogP contribution in [0.4, 0.5) is 11.4 Å². The summed E-state index contributed by atoms with van der Waals surface area (Å²) in [5, 5.41) is 3.19. The maximum Gasteiger partial charge on any atom is 0.337 e. The molecule has 0 unspecified atom stereocenters. The van der Waals surface area contributed by atoms with E-state index in [1.807, 2.05) is 29.2 Å². The van der Waals surface area contributed by atoms with Crippen molar-refractivity contribution >= 4 is 23.3 Å². The van der Waals surface area contributed by atoms with Crippen molar-refractivity contribution < 1.29 is 14.3 Å². The molecule has 1 aliphatic heterocycles. The van der Waals surface area contributed by atoms with E-state index in [1.54, 1.807) is 18.2 Å². The molecule has 0 spiro atoms. The monoisotopic (exact) mass is 324 g/mol. The smallest absolute Gasteiger partial charge is 0.337 e. The van der Waals surface area contributed by atoms with Gasteiger partial charge in [-0.15, -0.1) is 0 Å². The molecule has 0 atom stereocenters. The molecule has 2 aromatic rings. The Kier molecular flexibility index (Phi) is 4.79. The van der Waals surface area contributed by atoms with Gasteiger partial charge in [0.25, 0.3) is 0 Å². The molecule has 0 bridgehead atoms. The van der Waals surface area contributed by atoms with Crippen LogP contribution in [0.15, 0.2) is 48.5 Å². The normalized spacial score (nSPS) is 12.6. The first-order valence-electron chi connectivity index (χ1n) is 7.99. The molecule has 24 heavy (non-hydrogen) atoms. The Bertz CT molecular complexity index is 758. The van der Waals surface area contributed by atoms with Crippen LogP contribution in [0.5, 0.6) is 0 Å². The summed E-state index contributed by atoms with van der Waals surface area (Å²) in [6.07, 6.45) is 1.31. The molecule has 0 saturated carbocycles. The molecule has 0 aliphatic carbocycles. The van der Waals surface area contributed by atoms with E-state index in [0.717, 1.165) is 24.3 Å². The number of carbonyl (C=O) groups excluding carboxylic acids is 2. The number of benzene rings is 2. The third-order valence-electron chi connectivity index (χ3n) is 4.14. The van der Waals surface area contributed by atoms with Gasteiger partial charge in [-0.05, 0) is 36.2 Å². The Morgan fingerprint density at radius 3 is 2.83 bits per heavy atom. The molecule has 0 fully saturated rings. The van der Waals surface area contributed by atoms with Crippen LogP contribution in [-0.2, 0) is 16.0 Å². The topological polar surface area (TPSA) is 58.6 Å². The summed E-state index contributed by atoms with van der Waals surface area (Å²) in [6, 6.07) is 15.1. The fourth-order valence-corrected chi connectivity index (χ4v) is 2.92. The predicted octanol–water partition coefficient (Wildman–Crippen LogP) is 2.86. The second-order valence-corrected chi connectivity index (χ2v) is 5.67. The van der Waals surface area contributed by atoms with Gasteiger partial charge in [-0.3, -0.25) is 4.79 Å². The van der Waals surface area contributed by atoms with Crippen molar-refractivity contribution in [2.75, 3.05) is 30.4 Å². The van der Waals surface area contributed by atoms with E-state index >= 15 is 0 Å². The Morgan fingerprint density at radius 1 is 1.17 bits per heavy atom. The Morgan fingerprint density at radius 2 is 2.00 bits per heavy atom. The second-order valence-electron chi connectivity index (χ2n) is 5.67. The van der Waals surface area contributed by atoms with Crippen LogP contribution in [0, 0.1) is 0 Å². The van der Waals surface area contributed by atoms with Gasteiger partial charge in [-0.2, -0.15) is 0 Å². The third-order valence-corrected chi connectivity index (χ3v) is 4.14. The van der Waals surface area contributed by atoms with Gasteiger partial charge in [0, 0.05) is 30.9 Å². The van der Waals surface area contributed by atoms with E-state index in [1.165, 1.54) is 12.7 Å². The maximum atomic E-state index is 12.4. The lowest BCUT2D eigenvalue weighted by Crippen LogP contribution is -2.30. The zero-order valence-corrected chi connectivity index (χ0v) is 13.6. The van der Waals surface area contributed by atoms with E-state index in [0.29, 0.717) is 18.5 Å². The van der Waals surface area contributed by atoms with Crippen LogP contribution >= 0.6 is 0 Å². The Balaban J connectivity index is 1.56. The van der Waals surface area contributed by atoms with Crippen molar-refractivity contribution in [1.29, 1.82) is 0 Å². The molecule has 1 amide bonds. The summed E-state index contributed by atoms with van der Waals surface area (Å²) in [5.74, 6) is -0.264. The molecule has 3 rings (SSSR count). The fraction of sp³-hybridized carbons (Fsp3) is 0.263. The van der Waals surface area contributed by atoms with Crippen LogP contribution < -0.4 is 10.2 Å². The standard InChI is InChI=1S/C19H20N2O3/c1-24-19(23)15-6-4-7-16(13-15)20-11-9-18(22)21-12-10-14-5-2-3-8-17(14)21/h2-8,13,20H,9-12H2,1H3. The van der Waals surface area contributed by atoms with Gasteiger partial charge < -0.3 is 15.0 Å². The Hall–Kier alpha value is -2.82. The summed E-state index contributed by atoms with van der Waals surface area (Å²) < 4.78 is 4.71. The molecular weight excluding hydrogens is 304 g/mol. The number of esters is 1. The molecule has 2 aromatic carbocycles. The highest BCUT2D eigenvalue weighted by molar-refractivity contribution is 5.95. The zero-order chi connectivity index (χ0) is 16.9. The Labute approximate surface area is 141 Å². The van der Waals surface area contributed by atoms with Crippen molar-refractivity contribution in [3.05, 3.63) is 59.7 Å². The second kappa shape index (κ2) is 7.17. The summed E-state index contributed by atoms with van der Waals surface area (Å²) in [4.78, 5) is 25.8. The largest absolute Gasteiger partial charge is 0.465 e. The SMILES string of the molecule is COC(=O)c1cccc(NCCC(=O)N2CCc3ccccc32)c1. The molecule has 5 heteroatoms. The number of nitrogens with one attached hydrogen (secondary N) is 1. The minimum absolute atomic E-state index is 0.108. The molecule has 0 radical (unpaired) electrons. The molecule has 1 aliphatic rings. The lowest BCUT2D eigenvalue weighted by atomic mass is 10.2. The van der Waals surface area contributed by atoms with Crippen LogP contribution in [-0.4, -0.2) is 32.1 Å². The number of ether oxygens (including phenoxy) is 1. The van der Waals surface area contributed by atoms with Crippen LogP contribution in [0.2, 0.25) is 0 Å². The lowest BCUT2D eigenvalue weighted by molar-refractivity contribution is -0.118. The number of hydrogen-bond donors (Lipinski definition) is 1. The van der Waals surface area contributed by atoms with Crippen molar-refractivity contribution in [3.8, 4) is 0 Å². The van der Waals surface area contributed by atoms with Crippen molar-refractivity contribution in [2.45, 2.75) is 12.8 Å². The maximum absolute atomic E-state index is 12.4. The van der Waals surface area contributed by atoms with Crippen LogP contribution in [0.1, 0.15) is 22.3 Å². The van der Waals surface area contributed by atoms with Crippen molar-refractivity contribution in [2.24, 2.45) is 0 Å². The van der Waals surface area contributed by atoms with Crippen molar-refractivity contribution in [1.82, 2.24) is 0 Å². The number of anilines is 2. The fourth-order valence-electron chi connectivity index (χ4n) is 2.92. The number of fused-ring (bicyclic) bond motifs is 1. The number of para-hydroxylation sites is 1. The molecular formula is C19H20N2O3. The van der Waals surface area contributed by atoms with E-state index in [9.17, 15) is 9.59 Å². The van der Waals surface area contributed by atoms with Crippen LogP contribution in [0.3, 0.4) is 0 Å². The molecule has 0 aromatic heterocycles. The molecule has 5 nitrogen and oxygen atoms in total. The lowest BCUT2D eigenvalue weighted by Gasteiger charge is -2.17. The van der Waals surface area contributed by atoms with E-state index in [-0.39, 0.29) is 11.9 Å². The number of rotatable bonds is 5. The van der Waals surface area contributed by atoms with Gasteiger partial charge in [-0.1, -0.05) is 24.3 Å². The summed E-state index contributed by atoms with van der Waals surface area (Å²) >= 11 is 0. The number of amides is 1. The summed E-state index contributed by atoms with van der Waals surface area (Å²) in [5.41, 5.74) is 3.54. The van der Waals surface area contributed by atoms with Gasteiger partial charge >= 0.3 is 5.97 Å². The minimum atomic E-state index is -0.372. The quantitative estimate of drug-likeness (QED) is 0.859.